The van der Waals surface area contributed by atoms with Crippen molar-refractivity contribution in [2.24, 2.45) is 0 Å². The van der Waals surface area contributed by atoms with Crippen molar-refractivity contribution < 1.29 is 9.59 Å². The van der Waals surface area contributed by atoms with Crippen LogP contribution in [0.25, 0.3) is 0 Å². The molecule has 2 nitrogen and oxygen atoms in total. The van der Waals surface area contributed by atoms with Crippen LogP contribution in [0.3, 0.4) is 0 Å². The van der Waals surface area contributed by atoms with Gasteiger partial charge in [0.1, 0.15) is 13.1 Å². The predicted octanol–water partition coefficient (Wildman–Crippen LogP) is 3.70. The summed E-state index contributed by atoms with van der Waals surface area (Å²) in [6, 6.07) is 0. The van der Waals surface area contributed by atoms with E-state index in [2.05, 4.69) is 19.1 Å². The van der Waals surface area contributed by atoms with Crippen molar-refractivity contribution in [3.8, 4) is 0 Å². The van der Waals surface area contributed by atoms with Gasteiger partial charge < -0.3 is 9.59 Å². The Hall–Kier alpha value is -0.920. The number of hydrogen-bond acceptors (Lipinski definition) is 2. The minimum atomic E-state index is 0.673. The quantitative estimate of drug-likeness (QED) is 0.332. The maximum absolute atomic E-state index is 9.98. The Kier molecular flexibility index (Phi) is 20.7. The highest BCUT2D eigenvalue weighted by Gasteiger charge is 1.86. The van der Waals surface area contributed by atoms with Crippen LogP contribution in [0.4, 0.5) is 0 Å². The van der Waals surface area contributed by atoms with Crippen LogP contribution in [0.5, 0.6) is 0 Å². The highest BCUT2D eigenvalue weighted by molar-refractivity contribution is 5.49. The zero-order valence-electron chi connectivity index (χ0n) is 9.91. The Labute approximate surface area is 93.8 Å². The van der Waals surface area contributed by atoms with Crippen LogP contribution in [-0.4, -0.2) is 13.1 Å². The summed E-state index contributed by atoms with van der Waals surface area (Å²) >= 11 is 0. The first-order valence-corrected chi connectivity index (χ1v) is 5.79. The largest absolute Gasteiger partial charge is 0.307 e. The second kappa shape index (κ2) is 18.8. The fourth-order valence-corrected chi connectivity index (χ4v) is 1.27. The van der Waals surface area contributed by atoms with E-state index in [-0.39, 0.29) is 0 Å². The van der Waals surface area contributed by atoms with Gasteiger partial charge in [0.15, 0.2) is 0 Å². The number of carbonyl (C=O) groups excluding carboxylic acids is 2. The van der Waals surface area contributed by atoms with Crippen molar-refractivity contribution in [2.75, 3.05) is 0 Å². The average Bonchev–Trinajstić information content (AvgIpc) is 2.30. The lowest BCUT2D eigenvalue weighted by Gasteiger charge is -1.95. The second-order valence-electron chi connectivity index (χ2n) is 3.42. The maximum atomic E-state index is 9.98. The van der Waals surface area contributed by atoms with Gasteiger partial charge in [-0.2, -0.15) is 0 Å². The lowest BCUT2D eigenvalue weighted by molar-refractivity contribution is -0.107. The minimum Gasteiger partial charge on any atom is -0.307 e. The number of carbonyl (C=O) groups is 2. The van der Waals surface area contributed by atoms with Crippen LogP contribution in [0.1, 0.15) is 58.3 Å². The molecule has 0 amide bonds. The molecule has 0 rings (SSSR count). The summed E-state index contributed by atoms with van der Waals surface area (Å²) in [5.74, 6) is 0. The molecular weight excluding hydrogens is 188 g/mol. The first kappa shape index (κ1) is 16.5. The lowest BCUT2D eigenvalue weighted by atomic mass is 10.1. The summed E-state index contributed by atoms with van der Waals surface area (Å²) in [5.41, 5.74) is 0. The van der Waals surface area contributed by atoms with Crippen LogP contribution in [-0.2, 0) is 9.59 Å². The van der Waals surface area contributed by atoms with Crippen LogP contribution < -0.4 is 0 Å². The topological polar surface area (TPSA) is 34.1 Å². The number of rotatable bonds is 9. The molecule has 15 heavy (non-hydrogen) atoms. The van der Waals surface area contributed by atoms with Crippen molar-refractivity contribution >= 4 is 13.1 Å². The molecule has 0 aliphatic heterocycles. The Bertz CT molecular complexity index is 141. The van der Waals surface area contributed by atoms with Crippen LogP contribution in [0, 0.1) is 0 Å². The molecule has 2 heteroatoms. The third kappa shape index (κ3) is 19.5. The molecule has 88 valence electrons. The van der Waals surface area contributed by atoms with Crippen molar-refractivity contribution in [2.45, 2.75) is 58.3 Å². The smallest absolute Gasteiger partial charge is 0.120 e. The summed E-state index contributed by atoms with van der Waals surface area (Å²) in [4.78, 5) is 18.0. The molecule has 0 unspecified atom stereocenters. The monoisotopic (exact) mass is 212 g/mol. The molecule has 0 spiro atoms. The normalized spacial score (nSPS) is 9.67. The fraction of sp³-hybridized carbons (Fsp3) is 0.692. The number of allylic oxidation sites excluding steroid dienone is 2. The third-order valence-electron chi connectivity index (χ3n) is 2.09. The van der Waals surface area contributed by atoms with Gasteiger partial charge in [0.2, 0.25) is 0 Å². The first-order chi connectivity index (χ1) is 7.41. The Morgan fingerprint density at radius 3 is 2.07 bits per heavy atom. The molecule has 0 N–H and O–H groups in total. The van der Waals surface area contributed by atoms with E-state index in [0.717, 1.165) is 12.7 Å². The molecule has 0 aliphatic rings. The molecule has 0 bridgehead atoms. The Morgan fingerprint density at radius 1 is 0.867 bits per heavy atom. The molecule has 0 saturated heterocycles. The van der Waals surface area contributed by atoms with Gasteiger partial charge >= 0.3 is 0 Å². The number of aldehydes is 1. The summed E-state index contributed by atoms with van der Waals surface area (Å²) in [7, 11) is 0. The van der Waals surface area contributed by atoms with Gasteiger partial charge in [-0.3, -0.25) is 0 Å². The maximum Gasteiger partial charge on any atom is 0.120 e. The van der Waals surface area contributed by atoms with Gasteiger partial charge in [0.05, 0.1) is 0 Å². The number of hydrogen-bond donors (Lipinski definition) is 0. The highest BCUT2D eigenvalue weighted by atomic mass is 16.1. The van der Waals surface area contributed by atoms with E-state index >= 15 is 0 Å². The second-order valence-corrected chi connectivity index (χ2v) is 3.42. The molecule has 0 aromatic rings. The van der Waals surface area contributed by atoms with Crippen LogP contribution in [0.15, 0.2) is 12.2 Å². The van der Waals surface area contributed by atoms with Crippen LogP contribution in [0.2, 0.25) is 0 Å². The molecule has 0 aliphatic carbocycles. The summed E-state index contributed by atoms with van der Waals surface area (Å²) in [5, 5.41) is 0. The Balaban J connectivity index is 0. The van der Waals surface area contributed by atoms with E-state index in [0.29, 0.717) is 6.42 Å². The summed E-state index contributed by atoms with van der Waals surface area (Å²) in [6.45, 7) is 4.24. The lowest BCUT2D eigenvalue weighted by Crippen LogP contribution is -1.76. The number of unbranched alkanes of at least 4 members (excludes halogenated alkanes) is 6. The van der Waals surface area contributed by atoms with Crippen molar-refractivity contribution in [1.29, 1.82) is 0 Å². The zero-order chi connectivity index (χ0) is 11.8. The standard InChI is InChI=1S/C12H22O.CH2O/c1-2-3-4-5-6-7-8-9-10-11-12-13;1-2/h8-9,12H,2-7,10-11H2,1H3;1H2. The molecule has 0 radical (unpaired) electrons. The molecule has 0 aromatic heterocycles. The van der Waals surface area contributed by atoms with Crippen LogP contribution >= 0.6 is 0 Å². The summed E-state index contributed by atoms with van der Waals surface area (Å²) < 4.78 is 0. The van der Waals surface area contributed by atoms with Crippen molar-refractivity contribution in [3.63, 3.8) is 0 Å². The SMILES string of the molecule is C=O.CCCCCCCC=CCCC=O. The first-order valence-electron chi connectivity index (χ1n) is 5.79. The predicted molar refractivity (Wildman–Crippen MR) is 64.9 cm³/mol. The fourth-order valence-electron chi connectivity index (χ4n) is 1.27. The minimum absolute atomic E-state index is 0.673. The molecular formula is C13H24O2. The summed E-state index contributed by atoms with van der Waals surface area (Å²) in [6.07, 6.45) is 14.8. The van der Waals surface area contributed by atoms with Gasteiger partial charge in [-0.25, -0.2) is 0 Å². The van der Waals surface area contributed by atoms with Gasteiger partial charge in [-0.15, -0.1) is 0 Å². The zero-order valence-corrected chi connectivity index (χ0v) is 9.91. The Morgan fingerprint density at radius 2 is 1.47 bits per heavy atom. The van der Waals surface area contributed by atoms with E-state index in [1.807, 2.05) is 6.79 Å². The van der Waals surface area contributed by atoms with Gasteiger partial charge in [0.25, 0.3) is 0 Å². The van der Waals surface area contributed by atoms with Gasteiger partial charge in [0, 0.05) is 6.42 Å². The van der Waals surface area contributed by atoms with E-state index in [4.69, 9.17) is 4.79 Å². The van der Waals surface area contributed by atoms with Crippen molar-refractivity contribution in [1.82, 2.24) is 0 Å². The van der Waals surface area contributed by atoms with E-state index in [1.165, 1.54) is 38.5 Å². The molecule has 0 aromatic carbocycles. The highest BCUT2D eigenvalue weighted by Crippen LogP contribution is 2.05. The molecule has 0 fully saturated rings. The molecule has 0 atom stereocenters. The molecule has 0 heterocycles. The van der Waals surface area contributed by atoms with E-state index in [9.17, 15) is 4.79 Å². The van der Waals surface area contributed by atoms with Crippen molar-refractivity contribution in [3.05, 3.63) is 12.2 Å². The van der Waals surface area contributed by atoms with E-state index < -0.39 is 0 Å². The van der Waals surface area contributed by atoms with E-state index in [1.54, 1.807) is 0 Å². The third-order valence-corrected chi connectivity index (χ3v) is 2.09. The average molecular weight is 212 g/mol. The molecule has 0 saturated carbocycles. The van der Waals surface area contributed by atoms with Gasteiger partial charge in [-0.05, 0) is 19.3 Å². The van der Waals surface area contributed by atoms with Gasteiger partial charge in [-0.1, -0.05) is 44.8 Å².